The van der Waals surface area contributed by atoms with E-state index in [1.54, 1.807) is 0 Å². The highest BCUT2D eigenvalue weighted by atomic mass is 16.4. The molecule has 0 spiro atoms. The quantitative estimate of drug-likeness (QED) is 0.169. The number of hydrogen-bond donors (Lipinski definition) is 7. The van der Waals surface area contributed by atoms with Gasteiger partial charge in [-0.1, -0.05) is 13.8 Å². The van der Waals surface area contributed by atoms with Crippen molar-refractivity contribution in [1.29, 1.82) is 0 Å². The van der Waals surface area contributed by atoms with Crippen LogP contribution in [0.4, 0.5) is 4.79 Å². The van der Waals surface area contributed by atoms with Crippen molar-refractivity contribution in [3.8, 4) is 0 Å². The number of carboxylic acids is 2. The maximum Gasteiger partial charge on any atom is 0.326 e. The Morgan fingerprint density at radius 3 is 2.00 bits per heavy atom. The topological polar surface area (TPSA) is 214 Å². The number of rotatable bonds is 14. The lowest BCUT2D eigenvalue weighted by molar-refractivity contribution is -0.143. The third-order valence-corrected chi connectivity index (χ3v) is 3.93. The highest BCUT2D eigenvalue weighted by Gasteiger charge is 2.28. The zero-order chi connectivity index (χ0) is 22.6. The monoisotopic (exact) mass is 417 g/mol. The van der Waals surface area contributed by atoms with E-state index < -0.39 is 54.3 Å². The van der Waals surface area contributed by atoms with Gasteiger partial charge in [-0.15, -0.1) is 0 Å². The predicted molar refractivity (Wildman–Crippen MR) is 103 cm³/mol. The molecule has 9 N–H and O–H groups in total. The van der Waals surface area contributed by atoms with Crippen LogP contribution < -0.4 is 27.4 Å². The van der Waals surface area contributed by atoms with Crippen LogP contribution in [0.2, 0.25) is 0 Å². The molecule has 29 heavy (non-hydrogen) atoms. The summed E-state index contributed by atoms with van der Waals surface area (Å²) in [6.45, 7) is 3.86. The van der Waals surface area contributed by atoms with E-state index in [1.807, 2.05) is 13.8 Å². The number of carboxylic acid groups (broad SMARTS) is 2. The average molecular weight is 417 g/mol. The summed E-state index contributed by atoms with van der Waals surface area (Å²) in [4.78, 5) is 57.5. The number of hydrogen-bond acceptors (Lipinski definition) is 6. The van der Waals surface area contributed by atoms with Crippen LogP contribution in [0.25, 0.3) is 0 Å². The van der Waals surface area contributed by atoms with Gasteiger partial charge in [0.25, 0.3) is 0 Å². The Morgan fingerprint density at radius 1 is 0.931 bits per heavy atom. The third-order valence-electron chi connectivity index (χ3n) is 3.93. The van der Waals surface area contributed by atoms with Crippen molar-refractivity contribution in [2.45, 2.75) is 64.1 Å². The van der Waals surface area contributed by atoms with Crippen molar-refractivity contribution in [1.82, 2.24) is 16.0 Å². The molecule has 4 amide bonds. The molecule has 0 radical (unpaired) electrons. The lowest BCUT2D eigenvalue weighted by atomic mass is 10.0. The van der Waals surface area contributed by atoms with Crippen LogP contribution in [-0.2, 0) is 19.2 Å². The van der Waals surface area contributed by atoms with Crippen LogP contribution in [0, 0.1) is 5.92 Å². The molecule has 0 saturated carbocycles. The Hall–Kier alpha value is -2.89. The lowest BCUT2D eigenvalue weighted by Crippen LogP contribution is -2.54. The van der Waals surface area contributed by atoms with Crippen molar-refractivity contribution in [3.05, 3.63) is 0 Å². The van der Waals surface area contributed by atoms with E-state index in [9.17, 15) is 29.1 Å². The molecule has 0 bridgehead atoms. The van der Waals surface area contributed by atoms with Crippen LogP contribution in [0.15, 0.2) is 0 Å². The standard InChI is InChI=1S/C17H31N5O7/c1-9(2)8-10(18)14(25)21-11(5-6-13(23)24)15(26)22-12(16(27)28)4-3-7-20-17(19)29/h9-12H,3-8,18H2,1-2H3,(H,21,25)(H,22,26)(H,23,24)(H,27,28)(H3,19,20,29)/t10-,11+,12+/m1/s1. The summed E-state index contributed by atoms with van der Waals surface area (Å²) < 4.78 is 0. The van der Waals surface area contributed by atoms with Gasteiger partial charge >= 0.3 is 18.0 Å². The maximum atomic E-state index is 12.5. The summed E-state index contributed by atoms with van der Waals surface area (Å²) >= 11 is 0. The summed E-state index contributed by atoms with van der Waals surface area (Å²) in [5.41, 5.74) is 10.7. The summed E-state index contributed by atoms with van der Waals surface area (Å²) in [5, 5.41) is 25.1. The largest absolute Gasteiger partial charge is 0.481 e. The normalized spacial score (nSPS) is 13.8. The fourth-order valence-corrected chi connectivity index (χ4v) is 2.48. The van der Waals surface area contributed by atoms with Gasteiger partial charge < -0.3 is 37.6 Å². The first-order valence-electron chi connectivity index (χ1n) is 9.28. The van der Waals surface area contributed by atoms with Crippen molar-refractivity contribution < 1.29 is 34.2 Å². The Morgan fingerprint density at radius 2 is 1.52 bits per heavy atom. The first-order chi connectivity index (χ1) is 13.4. The Balaban J connectivity index is 5.00. The van der Waals surface area contributed by atoms with E-state index in [0.717, 1.165) is 0 Å². The molecule has 0 saturated heterocycles. The van der Waals surface area contributed by atoms with Crippen molar-refractivity contribution in [3.63, 3.8) is 0 Å². The number of primary amides is 1. The molecule has 0 rings (SSSR count). The van der Waals surface area contributed by atoms with Crippen molar-refractivity contribution >= 4 is 29.8 Å². The molecule has 166 valence electrons. The molecule has 0 aliphatic carbocycles. The number of aliphatic carboxylic acids is 2. The molecule has 12 heteroatoms. The average Bonchev–Trinajstić information content (AvgIpc) is 2.59. The Labute approximate surface area is 168 Å². The Bertz CT molecular complexity index is 597. The number of urea groups is 1. The van der Waals surface area contributed by atoms with E-state index in [-0.39, 0.29) is 31.7 Å². The molecule has 0 aromatic rings. The van der Waals surface area contributed by atoms with Gasteiger partial charge in [-0.2, -0.15) is 0 Å². The van der Waals surface area contributed by atoms with Crippen molar-refractivity contribution in [2.24, 2.45) is 17.4 Å². The first-order valence-corrected chi connectivity index (χ1v) is 9.28. The second-order valence-corrected chi connectivity index (χ2v) is 7.06. The number of carbonyl (C=O) groups excluding carboxylic acids is 3. The Kier molecular flexibility index (Phi) is 12.0. The zero-order valence-corrected chi connectivity index (χ0v) is 16.6. The van der Waals surface area contributed by atoms with E-state index >= 15 is 0 Å². The SMILES string of the molecule is CC(C)C[C@@H](N)C(=O)N[C@@H](CCC(=O)O)C(=O)N[C@@H](CCCNC(N)=O)C(=O)O. The lowest BCUT2D eigenvalue weighted by Gasteiger charge is -2.23. The maximum absolute atomic E-state index is 12.5. The zero-order valence-electron chi connectivity index (χ0n) is 16.6. The molecule has 0 fully saturated rings. The van der Waals surface area contributed by atoms with Crippen LogP contribution in [-0.4, -0.2) is 64.7 Å². The molecule has 0 heterocycles. The minimum absolute atomic E-state index is 0.00614. The fourth-order valence-electron chi connectivity index (χ4n) is 2.48. The van der Waals surface area contributed by atoms with Gasteiger partial charge in [0.05, 0.1) is 6.04 Å². The van der Waals surface area contributed by atoms with E-state index in [0.29, 0.717) is 6.42 Å². The van der Waals surface area contributed by atoms with Gasteiger partial charge in [0.1, 0.15) is 12.1 Å². The molecular formula is C17H31N5O7. The number of nitrogens with one attached hydrogen (secondary N) is 3. The van der Waals surface area contributed by atoms with E-state index in [4.69, 9.17) is 16.6 Å². The molecule has 0 aliphatic heterocycles. The summed E-state index contributed by atoms with van der Waals surface area (Å²) in [7, 11) is 0. The second kappa shape index (κ2) is 13.3. The van der Waals surface area contributed by atoms with Crippen molar-refractivity contribution in [2.75, 3.05) is 6.54 Å². The van der Waals surface area contributed by atoms with Gasteiger partial charge in [0.2, 0.25) is 11.8 Å². The summed E-state index contributed by atoms with van der Waals surface area (Å²) in [6.07, 6.45) is -0.0436. The first kappa shape index (κ1) is 26.1. The molecule has 0 unspecified atom stereocenters. The minimum Gasteiger partial charge on any atom is -0.481 e. The molecule has 0 aliphatic rings. The number of nitrogens with two attached hydrogens (primary N) is 2. The van der Waals surface area contributed by atoms with Gasteiger partial charge in [0, 0.05) is 13.0 Å². The summed E-state index contributed by atoms with van der Waals surface area (Å²) in [5.74, 6) is -3.80. The van der Waals surface area contributed by atoms with Gasteiger partial charge in [-0.25, -0.2) is 9.59 Å². The molecule has 0 aromatic heterocycles. The molecular weight excluding hydrogens is 386 g/mol. The molecule has 3 atom stereocenters. The third kappa shape index (κ3) is 12.2. The van der Waals surface area contributed by atoms with Crippen LogP contribution in [0.5, 0.6) is 0 Å². The van der Waals surface area contributed by atoms with E-state index in [2.05, 4.69) is 16.0 Å². The minimum atomic E-state index is -1.31. The van der Waals surface area contributed by atoms with Crippen LogP contribution in [0.3, 0.4) is 0 Å². The summed E-state index contributed by atoms with van der Waals surface area (Å²) in [6, 6.07) is -4.17. The smallest absolute Gasteiger partial charge is 0.326 e. The number of amides is 4. The highest BCUT2D eigenvalue weighted by molar-refractivity contribution is 5.92. The van der Waals surface area contributed by atoms with Gasteiger partial charge in [0.15, 0.2) is 0 Å². The second-order valence-electron chi connectivity index (χ2n) is 7.06. The van der Waals surface area contributed by atoms with Gasteiger partial charge in [-0.05, 0) is 31.6 Å². The highest BCUT2D eigenvalue weighted by Crippen LogP contribution is 2.06. The molecule has 0 aromatic carbocycles. The fraction of sp³-hybridized carbons (Fsp3) is 0.706. The van der Waals surface area contributed by atoms with Crippen LogP contribution >= 0.6 is 0 Å². The number of carbonyl (C=O) groups is 5. The van der Waals surface area contributed by atoms with Gasteiger partial charge in [-0.3, -0.25) is 14.4 Å². The predicted octanol–water partition coefficient (Wildman–Crippen LogP) is -1.27. The molecule has 12 nitrogen and oxygen atoms in total. The van der Waals surface area contributed by atoms with E-state index in [1.165, 1.54) is 0 Å². The van der Waals surface area contributed by atoms with Crippen LogP contribution in [0.1, 0.15) is 46.0 Å².